The van der Waals surface area contributed by atoms with Gasteiger partial charge in [-0.1, -0.05) is 34.6 Å². The van der Waals surface area contributed by atoms with Crippen molar-refractivity contribution in [2.75, 3.05) is 33.0 Å². The third-order valence-corrected chi connectivity index (χ3v) is 10.7. The molecule has 0 aromatic rings. The first kappa shape index (κ1) is 31.2. The molecule has 4 aliphatic heterocycles. The number of piperidine rings is 1. The van der Waals surface area contributed by atoms with Crippen LogP contribution in [0.2, 0.25) is 0 Å². The predicted octanol–water partition coefficient (Wildman–Crippen LogP) is 0.879. The number of amides is 4. The van der Waals surface area contributed by atoms with Crippen molar-refractivity contribution in [3.05, 3.63) is 0 Å². The number of likely N-dealkylation sites (tertiary alicyclic amines) is 1. The molecule has 0 aromatic heterocycles. The van der Waals surface area contributed by atoms with Crippen LogP contribution in [0, 0.1) is 51.2 Å². The minimum atomic E-state index is -1.01. The molecule has 7 N–H and O–H groups in total. The lowest BCUT2D eigenvalue weighted by Gasteiger charge is -2.41. The molecule has 12 heteroatoms. The van der Waals surface area contributed by atoms with E-state index in [0.29, 0.717) is 39.3 Å². The van der Waals surface area contributed by atoms with Crippen LogP contribution in [0.1, 0.15) is 60.3 Å². The van der Waals surface area contributed by atoms with Gasteiger partial charge in [0.05, 0.1) is 31.1 Å². The Hall–Kier alpha value is -2.75. The Kier molecular flexibility index (Phi) is 7.99. The van der Waals surface area contributed by atoms with Crippen LogP contribution in [0.3, 0.4) is 0 Å². The summed E-state index contributed by atoms with van der Waals surface area (Å²) >= 11 is 0. The highest BCUT2D eigenvalue weighted by atomic mass is 16.5. The van der Waals surface area contributed by atoms with Crippen molar-refractivity contribution >= 4 is 23.6 Å². The van der Waals surface area contributed by atoms with E-state index in [4.69, 9.17) is 15.2 Å². The number of hydrogen-bond donors (Lipinski definition) is 4. The maximum atomic E-state index is 14.1. The standard InChI is InChI=1S/C29H43N5O6.H3N/c1-26(2,3)20(32-23(36)17-14-40-15-17)25(38)34-13-19-27(4,5)29(19,21(34)22(31)35)18(12-30)10-16-11-28(33-24(16)37)6-8-39-9-7-28;/h16-21H,6-11,13-15H2,1-5H3,(H2,31,35)(H,32,36)(H,33,37);1H3/t16?,18-,19?,20-,21?,29?;/m1./s1. The molecule has 0 bridgehead atoms. The highest BCUT2D eigenvalue weighted by molar-refractivity contribution is 5.94. The lowest BCUT2D eigenvalue weighted by atomic mass is 9.72. The van der Waals surface area contributed by atoms with Gasteiger partial charge in [0.1, 0.15) is 12.1 Å². The Morgan fingerprint density at radius 3 is 2.34 bits per heavy atom. The Morgan fingerprint density at radius 2 is 1.83 bits per heavy atom. The summed E-state index contributed by atoms with van der Waals surface area (Å²) in [7, 11) is 0. The molecule has 4 saturated heterocycles. The fourth-order valence-electron chi connectivity index (χ4n) is 8.27. The van der Waals surface area contributed by atoms with Crippen molar-refractivity contribution in [3.63, 3.8) is 0 Å². The van der Waals surface area contributed by atoms with Gasteiger partial charge in [-0.25, -0.2) is 0 Å². The lowest BCUT2D eigenvalue weighted by molar-refractivity contribution is -0.150. The van der Waals surface area contributed by atoms with Crippen molar-refractivity contribution in [1.82, 2.24) is 21.7 Å². The molecule has 5 rings (SSSR count). The van der Waals surface area contributed by atoms with E-state index in [0.717, 1.165) is 12.8 Å². The van der Waals surface area contributed by atoms with Crippen molar-refractivity contribution in [2.24, 2.45) is 45.7 Å². The number of hydrogen-bond acceptors (Lipinski definition) is 8. The molecule has 1 aliphatic carbocycles. The van der Waals surface area contributed by atoms with Gasteiger partial charge in [-0.05, 0) is 42.4 Å². The van der Waals surface area contributed by atoms with Gasteiger partial charge < -0.3 is 36.9 Å². The SMILES string of the molecule is CC(C)(C)[C@H](NC(=O)C1COC1)C(=O)N1CC2C(C)(C)C2([C@@H](C#N)CC2CC3(CCOCC3)NC2=O)C1C(N)=O.N. The molecule has 0 radical (unpaired) electrons. The second kappa shape index (κ2) is 10.5. The number of fused-ring (bicyclic) bond motifs is 1. The predicted molar refractivity (Wildman–Crippen MR) is 148 cm³/mol. The van der Waals surface area contributed by atoms with Crippen molar-refractivity contribution in [2.45, 2.75) is 77.9 Å². The highest BCUT2D eigenvalue weighted by Gasteiger charge is 2.83. The summed E-state index contributed by atoms with van der Waals surface area (Å²) in [6.07, 6.45) is 2.41. The van der Waals surface area contributed by atoms with Crippen molar-refractivity contribution in [3.8, 4) is 6.07 Å². The van der Waals surface area contributed by atoms with Gasteiger partial charge in [0.15, 0.2) is 0 Å². The fraction of sp³-hybridized carbons (Fsp3) is 0.828. The number of nitrogens with one attached hydrogen (secondary N) is 2. The molecular formula is C29H46N6O6. The summed E-state index contributed by atoms with van der Waals surface area (Å²) in [4.78, 5) is 54.7. The van der Waals surface area contributed by atoms with Gasteiger partial charge in [-0.3, -0.25) is 19.2 Å². The number of nitrogens with two attached hydrogens (primary N) is 1. The molecule has 4 unspecified atom stereocenters. The zero-order chi connectivity index (χ0) is 29.3. The number of carbonyl (C=O) groups excluding carboxylic acids is 4. The van der Waals surface area contributed by atoms with Crippen LogP contribution in [0.15, 0.2) is 0 Å². The first-order chi connectivity index (χ1) is 18.7. The molecule has 12 nitrogen and oxygen atoms in total. The van der Waals surface area contributed by atoms with Gasteiger partial charge in [0.2, 0.25) is 23.6 Å². The monoisotopic (exact) mass is 574 g/mol. The zero-order valence-electron chi connectivity index (χ0n) is 25.0. The van der Waals surface area contributed by atoms with E-state index in [1.54, 1.807) is 0 Å². The summed E-state index contributed by atoms with van der Waals surface area (Å²) in [5.74, 6) is -2.80. The van der Waals surface area contributed by atoms with E-state index in [9.17, 15) is 24.4 Å². The van der Waals surface area contributed by atoms with Gasteiger partial charge in [-0.15, -0.1) is 0 Å². The van der Waals surface area contributed by atoms with E-state index in [2.05, 4.69) is 16.7 Å². The van der Waals surface area contributed by atoms with E-state index >= 15 is 0 Å². The second-order valence-electron chi connectivity index (χ2n) is 14.2. The minimum absolute atomic E-state index is 0. The van der Waals surface area contributed by atoms with Crippen LogP contribution >= 0.6 is 0 Å². The smallest absolute Gasteiger partial charge is 0.246 e. The average molecular weight is 575 g/mol. The number of rotatable bonds is 7. The molecule has 228 valence electrons. The van der Waals surface area contributed by atoms with Gasteiger partial charge in [0, 0.05) is 36.6 Å². The fourth-order valence-corrected chi connectivity index (χ4v) is 8.27. The van der Waals surface area contributed by atoms with E-state index < -0.39 is 40.2 Å². The first-order valence-electron chi connectivity index (χ1n) is 14.5. The molecule has 5 fully saturated rings. The van der Waals surface area contributed by atoms with Gasteiger partial charge in [0.25, 0.3) is 0 Å². The average Bonchev–Trinajstić information content (AvgIpc) is 3.12. The second-order valence-corrected chi connectivity index (χ2v) is 14.2. The zero-order valence-corrected chi connectivity index (χ0v) is 25.0. The number of primary amides is 1. The number of nitrogens with zero attached hydrogens (tertiary/aromatic N) is 2. The summed E-state index contributed by atoms with van der Waals surface area (Å²) in [5.41, 5.74) is 3.80. The molecule has 1 spiro atoms. The molecule has 6 atom stereocenters. The first-order valence-corrected chi connectivity index (χ1v) is 14.5. The summed E-state index contributed by atoms with van der Waals surface area (Å²) in [6, 6.07) is 0.559. The van der Waals surface area contributed by atoms with Crippen LogP contribution < -0.4 is 22.5 Å². The maximum absolute atomic E-state index is 14.1. The third-order valence-electron chi connectivity index (χ3n) is 10.7. The molecule has 1 saturated carbocycles. The molecule has 5 aliphatic rings. The van der Waals surface area contributed by atoms with E-state index in [-0.39, 0.29) is 53.7 Å². The molecule has 0 aromatic carbocycles. The Bertz CT molecular complexity index is 1130. The topological polar surface area (TPSA) is 199 Å². The van der Waals surface area contributed by atoms with Crippen LogP contribution in [0.5, 0.6) is 0 Å². The summed E-state index contributed by atoms with van der Waals surface area (Å²) < 4.78 is 10.6. The summed E-state index contributed by atoms with van der Waals surface area (Å²) in [5, 5.41) is 16.6. The van der Waals surface area contributed by atoms with Gasteiger partial charge in [-0.2, -0.15) is 5.26 Å². The quantitative estimate of drug-likeness (QED) is 0.343. The van der Waals surface area contributed by atoms with Crippen LogP contribution in [0.4, 0.5) is 0 Å². The normalized spacial score (nSPS) is 32.9. The van der Waals surface area contributed by atoms with Crippen LogP contribution in [-0.4, -0.2) is 79.1 Å². The Labute approximate surface area is 242 Å². The minimum Gasteiger partial charge on any atom is -0.381 e. The maximum Gasteiger partial charge on any atom is 0.246 e. The number of nitriles is 1. The van der Waals surface area contributed by atoms with Crippen molar-refractivity contribution < 1.29 is 28.7 Å². The molecule has 4 amide bonds. The number of carbonyl (C=O) groups is 4. The van der Waals surface area contributed by atoms with Crippen molar-refractivity contribution in [1.29, 1.82) is 5.26 Å². The van der Waals surface area contributed by atoms with Crippen LogP contribution in [0.25, 0.3) is 0 Å². The van der Waals surface area contributed by atoms with E-state index in [1.165, 1.54) is 4.90 Å². The lowest BCUT2D eigenvalue weighted by Crippen LogP contribution is -2.61. The highest BCUT2D eigenvalue weighted by Crippen LogP contribution is 2.78. The Balaban J connectivity index is 0.00000387. The molecule has 4 heterocycles. The van der Waals surface area contributed by atoms with Crippen LogP contribution in [-0.2, 0) is 28.7 Å². The number of ether oxygens (including phenoxy) is 2. The summed E-state index contributed by atoms with van der Waals surface area (Å²) in [6.45, 7) is 11.7. The Morgan fingerprint density at radius 1 is 1.20 bits per heavy atom. The molecule has 41 heavy (non-hydrogen) atoms. The molecular weight excluding hydrogens is 528 g/mol. The third kappa shape index (κ3) is 4.79. The largest absolute Gasteiger partial charge is 0.381 e. The van der Waals surface area contributed by atoms with Gasteiger partial charge >= 0.3 is 0 Å². The van der Waals surface area contributed by atoms with E-state index in [1.807, 2.05) is 34.6 Å².